The van der Waals surface area contributed by atoms with Gasteiger partial charge in [0.2, 0.25) is 5.91 Å². The number of anilines is 3. The first kappa shape index (κ1) is 20.7. The van der Waals surface area contributed by atoms with Gasteiger partial charge in [-0.25, -0.2) is 0 Å². The summed E-state index contributed by atoms with van der Waals surface area (Å²) in [6.07, 6.45) is 6.80. The van der Waals surface area contributed by atoms with Crippen molar-refractivity contribution in [2.24, 2.45) is 5.92 Å². The molecule has 1 saturated heterocycles. The number of rotatable bonds is 5. The van der Waals surface area contributed by atoms with Crippen LogP contribution in [0.1, 0.15) is 23.2 Å². The molecule has 33 heavy (non-hydrogen) atoms. The van der Waals surface area contributed by atoms with Crippen molar-refractivity contribution in [1.82, 2.24) is 15.2 Å². The van der Waals surface area contributed by atoms with Gasteiger partial charge in [0.15, 0.2) is 0 Å². The normalized spacial score (nSPS) is 14.2. The van der Waals surface area contributed by atoms with E-state index in [1.165, 1.54) is 0 Å². The van der Waals surface area contributed by atoms with Crippen LogP contribution in [-0.4, -0.2) is 40.1 Å². The minimum Gasteiger partial charge on any atom is -0.371 e. The number of nitrogens with zero attached hydrogens (tertiary/aromatic N) is 3. The molecule has 1 fully saturated rings. The van der Waals surface area contributed by atoms with E-state index in [0.29, 0.717) is 16.9 Å². The zero-order valence-corrected chi connectivity index (χ0v) is 18.0. The fourth-order valence-corrected chi connectivity index (χ4v) is 4.19. The third-order valence-electron chi connectivity index (χ3n) is 6.02. The summed E-state index contributed by atoms with van der Waals surface area (Å²) < 4.78 is 0. The molecule has 2 aromatic heterocycles. The highest BCUT2D eigenvalue weighted by Crippen LogP contribution is 2.25. The highest BCUT2D eigenvalue weighted by molar-refractivity contribution is 6.10. The second kappa shape index (κ2) is 9.12. The van der Waals surface area contributed by atoms with Crippen molar-refractivity contribution in [1.29, 1.82) is 0 Å². The number of nitrogens with one attached hydrogen (secondary N) is 3. The molecule has 8 nitrogen and oxygen atoms in total. The Labute approximate surface area is 191 Å². The topological polar surface area (TPSA) is 103 Å². The van der Waals surface area contributed by atoms with Crippen molar-refractivity contribution in [2.75, 3.05) is 28.6 Å². The van der Waals surface area contributed by atoms with Crippen LogP contribution >= 0.6 is 0 Å². The fraction of sp³-hybridized carbons (Fsp3) is 0.200. The van der Waals surface area contributed by atoms with Crippen LogP contribution in [0.2, 0.25) is 0 Å². The molecule has 0 spiro atoms. The van der Waals surface area contributed by atoms with Gasteiger partial charge in [-0.3, -0.25) is 19.7 Å². The third kappa shape index (κ3) is 4.55. The Balaban J connectivity index is 1.24. The maximum absolute atomic E-state index is 13.0. The Hall–Kier alpha value is -4.20. The van der Waals surface area contributed by atoms with E-state index in [9.17, 15) is 9.59 Å². The quantitative estimate of drug-likeness (QED) is 0.434. The lowest BCUT2D eigenvalue weighted by Crippen LogP contribution is -2.38. The van der Waals surface area contributed by atoms with Crippen LogP contribution in [0.4, 0.5) is 17.1 Å². The van der Waals surface area contributed by atoms with E-state index in [1.807, 2.05) is 36.4 Å². The monoisotopic (exact) mass is 440 g/mol. The number of aromatic amines is 1. The maximum Gasteiger partial charge on any atom is 0.257 e. The van der Waals surface area contributed by atoms with Gasteiger partial charge in [0.25, 0.3) is 5.91 Å². The predicted molar refractivity (Wildman–Crippen MR) is 128 cm³/mol. The number of carbonyl (C=O) groups is 2. The first-order valence-corrected chi connectivity index (χ1v) is 11.0. The minimum atomic E-state index is -0.280. The number of benzene rings is 2. The molecule has 5 rings (SSSR count). The van der Waals surface area contributed by atoms with E-state index in [4.69, 9.17) is 0 Å². The standard InChI is InChI=1S/C25H24N6O2/c32-24(17-9-13-31(14-10-17)20-7-11-26-12-8-20)29-22-4-2-1-3-21(22)25(33)28-19-6-5-18-16-27-30-23(18)15-19/h1-8,11-12,15-17H,9-10,13-14H2,(H,27,30)(H,28,33)(H,29,32). The molecule has 2 aromatic carbocycles. The summed E-state index contributed by atoms with van der Waals surface area (Å²) >= 11 is 0. The van der Waals surface area contributed by atoms with Gasteiger partial charge in [-0.05, 0) is 55.3 Å². The summed E-state index contributed by atoms with van der Waals surface area (Å²) in [5.74, 6) is -0.428. The van der Waals surface area contributed by atoms with E-state index >= 15 is 0 Å². The van der Waals surface area contributed by atoms with Gasteiger partial charge in [-0.2, -0.15) is 5.10 Å². The van der Waals surface area contributed by atoms with Gasteiger partial charge in [0.05, 0.1) is 23.0 Å². The van der Waals surface area contributed by atoms with Crippen molar-refractivity contribution in [3.05, 3.63) is 78.8 Å². The van der Waals surface area contributed by atoms with Crippen molar-refractivity contribution >= 4 is 39.8 Å². The molecule has 1 aliphatic heterocycles. The molecule has 0 radical (unpaired) electrons. The molecule has 0 unspecified atom stereocenters. The minimum absolute atomic E-state index is 0.0523. The van der Waals surface area contributed by atoms with Crippen molar-refractivity contribution in [3.63, 3.8) is 0 Å². The average Bonchev–Trinajstić information content (AvgIpc) is 3.33. The molecule has 166 valence electrons. The van der Waals surface area contributed by atoms with Crippen LogP contribution < -0.4 is 15.5 Å². The third-order valence-corrected chi connectivity index (χ3v) is 6.02. The van der Waals surface area contributed by atoms with Crippen LogP contribution in [-0.2, 0) is 4.79 Å². The second-order valence-electron chi connectivity index (χ2n) is 8.13. The number of amides is 2. The van der Waals surface area contributed by atoms with E-state index < -0.39 is 0 Å². The molecular formula is C25H24N6O2. The Kier molecular flexibility index (Phi) is 5.72. The number of aromatic nitrogens is 3. The van der Waals surface area contributed by atoms with Crippen molar-refractivity contribution < 1.29 is 9.59 Å². The molecule has 0 atom stereocenters. The molecule has 0 bridgehead atoms. The van der Waals surface area contributed by atoms with Crippen LogP contribution in [0.3, 0.4) is 0 Å². The lowest BCUT2D eigenvalue weighted by atomic mass is 9.95. The molecule has 4 aromatic rings. The summed E-state index contributed by atoms with van der Waals surface area (Å²) in [6.45, 7) is 1.61. The largest absolute Gasteiger partial charge is 0.371 e. The van der Waals surface area contributed by atoms with E-state index in [2.05, 4.69) is 30.7 Å². The first-order chi connectivity index (χ1) is 16.2. The molecule has 0 saturated carbocycles. The van der Waals surface area contributed by atoms with Crippen molar-refractivity contribution in [3.8, 4) is 0 Å². The van der Waals surface area contributed by atoms with E-state index in [-0.39, 0.29) is 17.7 Å². The van der Waals surface area contributed by atoms with Crippen molar-refractivity contribution in [2.45, 2.75) is 12.8 Å². The molecular weight excluding hydrogens is 416 g/mol. The number of fused-ring (bicyclic) bond motifs is 1. The zero-order valence-electron chi connectivity index (χ0n) is 18.0. The molecule has 8 heteroatoms. The molecule has 0 aliphatic carbocycles. The molecule has 1 aliphatic rings. The Morgan fingerprint density at radius 3 is 2.58 bits per heavy atom. The van der Waals surface area contributed by atoms with Gasteiger partial charge < -0.3 is 15.5 Å². The smallest absolute Gasteiger partial charge is 0.257 e. The lowest BCUT2D eigenvalue weighted by molar-refractivity contribution is -0.120. The van der Waals surface area contributed by atoms with Gasteiger partial charge in [-0.15, -0.1) is 0 Å². The Bertz CT molecular complexity index is 1280. The number of hydrogen-bond donors (Lipinski definition) is 3. The number of H-pyrrole nitrogens is 1. The van der Waals surface area contributed by atoms with Crippen LogP contribution in [0, 0.1) is 5.92 Å². The Morgan fingerprint density at radius 1 is 0.970 bits per heavy atom. The summed E-state index contributed by atoms with van der Waals surface area (Å²) in [5, 5.41) is 13.8. The molecule has 3 N–H and O–H groups in total. The van der Waals surface area contributed by atoms with Crippen LogP contribution in [0.5, 0.6) is 0 Å². The fourth-order valence-electron chi connectivity index (χ4n) is 4.19. The lowest BCUT2D eigenvalue weighted by Gasteiger charge is -2.33. The zero-order chi connectivity index (χ0) is 22.6. The second-order valence-corrected chi connectivity index (χ2v) is 8.13. The van der Waals surface area contributed by atoms with E-state index in [1.54, 1.807) is 36.8 Å². The van der Waals surface area contributed by atoms with Crippen LogP contribution in [0.15, 0.2) is 73.2 Å². The summed E-state index contributed by atoms with van der Waals surface area (Å²) in [5.41, 5.74) is 3.55. The maximum atomic E-state index is 13.0. The highest BCUT2D eigenvalue weighted by Gasteiger charge is 2.26. The first-order valence-electron chi connectivity index (χ1n) is 11.0. The summed E-state index contributed by atoms with van der Waals surface area (Å²) in [4.78, 5) is 32.3. The number of hydrogen-bond acceptors (Lipinski definition) is 5. The summed E-state index contributed by atoms with van der Waals surface area (Å²) in [6, 6.07) is 16.6. The number of para-hydroxylation sites is 1. The highest BCUT2D eigenvalue weighted by atomic mass is 16.2. The van der Waals surface area contributed by atoms with Gasteiger partial charge in [-0.1, -0.05) is 12.1 Å². The van der Waals surface area contributed by atoms with Gasteiger partial charge in [0, 0.05) is 48.2 Å². The number of piperidine rings is 1. The van der Waals surface area contributed by atoms with Crippen LogP contribution in [0.25, 0.3) is 10.9 Å². The SMILES string of the molecule is O=C(Nc1ccc2cn[nH]c2c1)c1ccccc1NC(=O)C1CCN(c2ccncc2)CC1. The predicted octanol–water partition coefficient (Wildman–Crippen LogP) is 4.07. The number of pyridine rings is 1. The van der Waals surface area contributed by atoms with Gasteiger partial charge >= 0.3 is 0 Å². The summed E-state index contributed by atoms with van der Waals surface area (Å²) in [7, 11) is 0. The van der Waals surface area contributed by atoms with Gasteiger partial charge in [0.1, 0.15) is 0 Å². The van der Waals surface area contributed by atoms with E-state index in [0.717, 1.165) is 42.5 Å². The molecule has 2 amide bonds. The molecule has 3 heterocycles. The Morgan fingerprint density at radius 2 is 1.76 bits per heavy atom. The average molecular weight is 441 g/mol. The number of carbonyl (C=O) groups excluding carboxylic acids is 2.